The van der Waals surface area contributed by atoms with Crippen LogP contribution in [-0.4, -0.2) is 34.7 Å². The molecule has 0 atom stereocenters. The third-order valence-corrected chi connectivity index (χ3v) is 5.95. The quantitative estimate of drug-likeness (QED) is 0.581. The van der Waals surface area contributed by atoms with Crippen LogP contribution in [0.2, 0.25) is 0 Å². The summed E-state index contributed by atoms with van der Waals surface area (Å²) in [6.07, 6.45) is 0. The maximum absolute atomic E-state index is 12.9. The molecule has 7 heteroatoms. The number of hydrogen-bond donors (Lipinski definition) is 0. The lowest BCUT2D eigenvalue weighted by atomic mass is 10.2. The minimum Gasteiger partial charge on any atom is -0.493 e. The highest BCUT2D eigenvalue weighted by atomic mass is 32.1. The van der Waals surface area contributed by atoms with Gasteiger partial charge in [0.25, 0.3) is 5.91 Å². The van der Waals surface area contributed by atoms with Crippen molar-refractivity contribution in [2.75, 3.05) is 14.2 Å². The fraction of sp³-hybridized carbons (Fsp3) is 0.364. The molecule has 2 aromatic heterocycles. The van der Waals surface area contributed by atoms with Gasteiger partial charge < -0.3 is 14.4 Å². The number of carbonyl (C=O) groups is 1. The van der Waals surface area contributed by atoms with Gasteiger partial charge in [-0.1, -0.05) is 6.07 Å². The highest BCUT2D eigenvalue weighted by molar-refractivity contribution is 7.12. The molecule has 0 aliphatic carbocycles. The molecule has 0 aliphatic rings. The molecule has 1 amide bonds. The summed E-state index contributed by atoms with van der Waals surface area (Å²) in [7, 11) is 5.37. The molecule has 154 valence electrons. The highest BCUT2D eigenvalue weighted by Gasteiger charge is 2.18. The first kappa shape index (κ1) is 20.9. The third-order valence-electron chi connectivity index (χ3n) is 4.98. The van der Waals surface area contributed by atoms with Gasteiger partial charge >= 0.3 is 0 Å². The summed E-state index contributed by atoms with van der Waals surface area (Å²) < 4.78 is 13.1. The molecule has 0 N–H and O–H groups in total. The predicted molar refractivity (Wildman–Crippen MR) is 115 cm³/mol. The van der Waals surface area contributed by atoms with Gasteiger partial charge in [-0.15, -0.1) is 11.3 Å². The third kappa shape index (κ3) is 4.62. The molecule has 0 spiro atoms. The number of thiophene rings is 1. The lowest BCUT2D eigenvalue weighted by Crippen LogP contribution is -2.26. The molecule has 29 heavy (non-hydrogen) atoms. The molecule has 0 radical (unpaired) electrons. The first-order valence-corrected chi connectivity index (χ1v) is 10.3. The maximum atomic E-state index is 12.9. The minimum absolute atomic E-state index is 0.00294. The smallest absolute Gasteiger partial charge is 0.263 e. The molecule has 0 saturated carbocycles. The summed E-state index contributed by atoms with van der Waals surface area (Å²) >= 11 is 1.43. The summed E-state index contributed by atoms with van der Waals surface area (Å²) in [5, 5.41) is 6.39. The van der Waals surface area contributed by atoms with E-state index < -0.39 is 0 Å². The molecule has 0 bridgehead atoms. The Morgan fingerprint density at radius 1 is 1.21 bits per heavy atom. The first-order chi connectivity index (χ1) is 13.8. The Balaban J connectivity index is 1.65. The van der Waals surface area contributed by atoms with Crippen LogP contribution in [0.1, 0.15) is 37.7 Å². The van der Waals surface area contributed by atoms with E-state index >= 15 is 0 Å². The van der Waals surface area contributed by atoms with Gasteiger partial charge in [-0.05, 0) is 49.9 Å². The van der Waals surface area contributed by atoms with E-state index in [9.17, 15) is 4.79 Å². The molecule has 0 fully saturated rings. The van der Waals surface area contributed by atoms with E-state index in [1.54, 1.807) is 12.0 Å². The van der Waals surface area contributed by atoms with Crippen LogP contribution < -0.4 is 9.47 Å². The topological polar surface area (TPSA) is 56.6 Å². The number of methoxy groups -OCH3 is 1. The van der Waals surface area contributed by atoms with Crippen LogP contribution in [0.3, 0.4) is 0 Å². The van der Waals surface area contributed by atoms with E-state index in [-0.39, 0.29) is 5.91 Å². The normalized spacial score (nSPS) is 10.8. The molecule has 6 nitrogen and oxygen atoms in total. The van der Waals surface area contributed by atoms with E-state index in [1.807, 2.05) is 69.2 Å². The van der Waals surface area contributed by atoms with Gasteiger partial charge in [-0.25, -0.2) is 0 Å². The van der Waals surface area contributed by atoms with E-state index in [0.717, 1.165) is 28.1 Å². The van der Waals surface area contributed by atoms with Gasteiger partial charge in [-0.3, -0.25) is 9.48 Å². The highest BCUT2D eigenvalue weighted by Crippen LogP contribution is 2.29. The number of amides is 1. The zero-order chi connectivity index (χ0) is 21.1. The van der Waals surface area contributed by atoms with Crippen LogP contribution in [0.25, 0.3) is 0 Å². The van der Waals surface area contributed by atoms with E-state index in [2.05, 4.69) is 5.10 Å². The molecular formula is C22H27N3O3S. The van der Waals surface area contributed by atoms with Crippen molar-refractivity contribution in [3.05, 3.63) is 62.6 Å². The number of benzene rings is 1. The Bertz CT molecular complexity index is 1020. The summed E-state index contributed by atoms with van der Waals surface area (Å²) in [4.78, 5) is 15.3. The van der Waals surface area contributed by atoms with Gasteiger partial charge in [-0.2, -0.15) is 5.10 Å². The second-order valence-corrected chi connectivity index (χ2v) is 8.11. The summed E-state index contributed by atoms with van der Waals surface area (Å²) in [6, 6.07) is 7.72. The fourth-order valence-electron chi connectivity index (χ4n) is 3.16. The van der Waals surface area contributed by atoms with Gasteiger partial charge in [0.05, 0.1) is 17.7 Å². The maximum Gasteiger partial charge on any atom is 0.263 e. The lowest BCUT2D eigenvalue weighted by Gasteiger charge is -2.16. The standard InChI is InChI=1S/C22H27N3O3S/c1-14-7-8-19(20(9-14)27-6)28-12-17-10-21(29-13-17)22(26)24(4)11-18-15(2)23-25(5)16(18)3/h7-10,13H,11-12H2,1-6H3. The van der Waals surface area contributed by atoms with Crippen molar-refractivity contribution in [3.8, 4) is 11.5 Å². The zero-order valence-corrected chi connectivity index (χ0v) is 18.6. The summed E-state index contributed by atoms with van der Waals surface area (Å²) in [5.41, 5.74) is 5.20. The van der Waals surface area contributed by atoms with E-state index in [0.29, 0.717) is 29.5 Å². The minimum atomic E-state index is -0.00294. The van der Waals surface area contributed by atoms with E-state index in [4.69, 9.17) is 9.47 Å². The fourth-order valence-corrected chi connectivity index (χ4v) is 4.05. The van der Waals surface area contributed by atoms with Crippen molar-refractivity contribution >= 4 is 17.2 Å². The van der Waals surface area contributed by atoms with Crippen LogP contribution in [0.15, 0.2) is 29.6 Å². The van der Waals surface area contributed by atoms with Crippen molar-refractivity contribution in [2.24, 2.45) is 7.05 Å². The number of rotatable bonds is 7. The average molecular weight is 414 g/mol. The Morgan fingerprint density at radius 3 is 2.62 bits per heavy atom. The van der Waals surface area contributed by atoms with Crippen molar-refractivity contribution in [1.82, 2.24) is 14.7 Å². The number of carbonyl (C=O) groups excluding carboxylic acids is 1. The second-order valence-electron chi connectivity index (χ2n) is 7.20. The molecule has 1 aromatic carbocycles. The Kier molecular flexibility index (Phi) is 6.27. The Labute approximate surface area is 175 Å². The summed E-state index contributed by atoms with van der Waals surface area (Å²) in [5.74, 6) is 1.40. The average Bonchev–Trinajstić information content (AvgIpc) is 3.26. The van der Waals surface area contributed by atoms with Crippen LogP contribution in [0.5, 0.6) is 11.5 Å². The van der Waals surface area contributed by atoms with Crippen LogP contribution >= 0.6 is 11.3 Å². The first-order valence-electron chi connectivity index (χ1n) is 9.39. The van der Waals surface area contributed by atoms with Crippen LogP contribution in [0, 0.1) is 20.8 Å². The Morgan fingerprint density at radius 2 is 1.97 bits per heavy atom. The van der Waals surface area contributed by atoms with Crippen molar-refractivity contribution in [3.63, 3.8) is 0 Å². The number of hydrogen-bond acceptors (Lipinski definition) is 5. The number of aryl methyl sites for hydroxylation is 3. The number of ether oxygens (including phenoxy) is 2. The van der Waals surface area contributed by atoms with Crippen molar-refractivity contribution in [2.45, 2.75) is 33.9 Å². The molecule has 3 aromatic rings. The predicted octanol–water partition coefficient (Wildman–Crippen LogP) is 4.27. The van der Waals surface area contributed by atoms with E-state index in [1.165, 1.54) is 11.3 Å². The molecule has 3 rings (SSSR count). The molecule has 2 heterocycles. The molecule has 0 unspecified atom stereocenters. The van der Waals surface area contributed by atoms with Crippen LogP contribution in [0.4, 0.5) is 0 Å². The van der Waals surface area contributed by atoms with Gasteiger partial charge in [0.15, 0.2) is 11.5 Å². The monoisotopic (exact) mass is 413 g/mol. The number of aromatic nitrogens is 2. The van der Waals surface area contributed by atoms with Crippen LogP contribution in [-0.2, 0) is 20.2 Å². The SMILES string of the molecule is COc1cc(C)ccc1OCc1csc(C(=O)N(C)Cc2c(C)nn(C)c2C)c1. The number of nitrogens with zero attached hydrogens (tertiary/aromatic N) is 3. The zero-order valence-electron chi connectivity index (χ0n) is 17.8. The van der Waals surface area contributed by atoms with Gasteiger partial charge in [0, 0.05) is 37.5 Å². The van der Waals surface area contributed by atoms with Gasteiger partial charge in [0.2, 0.25) is 0 Å². The molecule has 0 aliphatic heterocycles. The second kappa shape index (κ2) is 8.69. The molecule has 0 saturated heterocycles. The molecular weight excluding hydrogens is 386 g/mol. The van der Waals surface area contributed by atoms with Crippen molar-refractivity contribution in [1.29, 1.82) is 0 Å². The van der Waals surface area contributed by atoms with Crippen molar-refractivity contribution < 1.29 is 14.3 Å². The van der Waals surface area contributed by atoms with Gasteiger partial charge in [0.1, 0.15) is 6.61 Å². The Hall–Kier alpha value is -2.80. The lowest BCUT2D eigenvalue weighted by molar-refractivity contribution is 0.0789. The largest absolute Gasteiger partial charge is 0.493 e. The summed E-state index contributed by atoms with van der Waals surface area (Å²) in [6.45, 7) is 6.92.